The van der Waals surface area contributed by atoms with Crippen LogP contribution in [0, 0.1) is 34.0 Å². The molecule has 4 aliphatic carbocycles. The number of hydrogen-bond acceptors (Lipinski definition) is 2. The summed E-state index contributed by atoms with van der Waals surface area (Å²) in [6, 6.07) is 0. The molecule has 2 heteroatoms. The van der Waals surface area contributed by atoms with Gasteiger partial charge < -0.3 is 10.2 Å². The van der Waals surface area contributed by atoms with Gasteiger partial charge in [-0.15, -0.1) is 0 Å². The average Bonchev–Trinajstić information content (AvgIpc) is 2.78. The predicted molar refractivity (Wildman–Crippen MR) is 88.4 cm³/mol. The van der Waals surface area contributed by atoms with Crippen LogP contribution in [0.2, 0.25) is 0 Å². The van der Waals surface area contributed by atoms with E-state index in [1.165, 1.54) is 38.5 Å². The lowest BCUT2D eigenvalue weighted by atomic mass is 9.39. The van der Waals surface area contributed by atoms with Crippen LogP contribution in [-0.2, 0) is 0 Å². The number of aliphatic hydroxyl groups is 2. The van der Waals surface area contributed by atoms with E-state index in [-0.39, 0.29) is 11.5 Å². The molecule has 0 unspecified atom stereocenters. The van der Waals surface area contributed by atoms with Crippen LogP contribution in [0.25, 0.3) is 0 Å². The summed E-state index contributed by atoms with van der Waals surface area (Å²) in [6.07, 6.45) is 9.30. The zero-order valence-corrected chi connectivity index (χ0v) is 14.9. The highest BCUT2D eigenvalue weighted by atomic mass is 16.3. The minimum Gasteiger partial charge on any atom is -0.393 e. The standard InChI is InChI=1S/C20H34O2/c1-17(2)15-6-5-13-11-14-12-20(13,10-9-19(14,4)22)18(15,3)8-7-16(17)21/h13-16,21-22H,5-12H2,1-4H3/t13-,14+,15-,16+,18-,19+,20-/m0/s1. The Morgan fingerprint density at radius 1 is 0.864 bits per heavy atom. The first kappa shape index (κ1) is 15.4. The van der Waals surface area contributed by atoms with Gasteiger partial charge in [-0.25, -0.2) is 0 Å². The molecular formula is C20H34O2. The monoisotopic (exact) mass is 306 g/mol. The smallest absolute Gasteiger partial charge is 0.0648 e. The Balaban J connectivity index is 1.76. The van der Waals surface area contributed by atoms with E-state index in [4.69, 9.17) is 0 Å². The van der Waals surface area contributed by atoms with Gasteiger partial charge >= 0.3 is 0 Å². The van der Waals surface area contributed by atoms with Crippen molar-refractivity contribution in [1.29, 1.82) is 0 Å². The van der Waals surface area contributed by atoms with E-state index in [0.717, 1.165) is 18.8 Å². The Kier molecular flexibility index (Phi) is 3.02. The van der Waals surface area contributed by atoms with E-state index in [1.54, 1.807) is 0 Å². The molecule has 2 nitrogen and oxygen atoms in total. The summed E-state index contributed by atoms with van der Waals surface area (Å²) in [6.45, 7) is 9.25. The van der Waals surface area contributed by atoms with Gasteiger partial charge in [0.1, 0.15) is 0 Å². The van der Waals surface area contributed by atoms with Gasteiger partial charge in [-0.05, 0) is 92.3 Å². The fraction of sp³-hybridized carbons (Fsp3) is 1.00. The highest BCUT2D eigenvalue weighted by Crippen LogP contribution is 2.75. The van der Waals surface area contributed by atoms with Crippen LogP contribution in [0.5, 0.6) is 0 Å². The Hall–Kier alpha value is -0.0800. The maximum Gasteiger partial charge on any atom is 0.0648 e. The second-order valence-electron chi connectivity index (χ2n) is 10.3. The zero-order valence-electron chi connectivity index (χ0n) is 14.9. The number of fused-ring (bicyclic) bond motifs is 2. The maximum absolute atomic E-state index is 10.8. The molecule has 126 valence electrons. The first-order valence-electron chi connectivity index (χ1n) is 9.54. The molecule has 0 aromatic carbocycles. The average molecular weight is 306 g/mol. The molecule has 4 fully saturated rings. The van der Waals surface area contributed by atoms with Gasteiger partial charge in [-0.2, -0.15) is 0 Å². The molecule has 0 aromatic rings. The minimum atomic E-state index is -0.432. The summed E-state index contributed by atoms with van der Waals surface area (Å²) >= 11 is 0. The third-order valence-electron chi connectivity index (χ3n) is 9.32. The first-order chi connectivity index (χ1) is 10.1. The third kappa shape index (κ3) is 1.64. The summed E-state index contributed by atoms with van der Waals surface area (Å²) in [5, 5.41) is 21.4. The fourth-order valence-electron chi connectivity index (χ4n) is 7.79. The van der Waals surface area contributed by atoms with Crippen molar-refractivity contribution in [2.45, 2.75) is 90.8 Å². The molecule has 0 amide bonds. The van der Waals surface area contributed by atoms with E-state index in [1.807, 2.05) is 0 Å². The normalized spacial score (nSPS) is 59.7. The first-order valence-corrected chi connectivity index (χ1v) is 9.54. The molecule has 0 aromatic heterocycles. The zero-order chi connectivity index (χ0) is 16.0. The highest BCUT2D eigenvalue weighted by molar-refractivity contribution is 5.18. The van der Waals surface area contributed by atoms with Crippen LogP contribution in [-0.4, -0.2) is 21.9 Å². The summed E-state index contributed by atoms with van der Waals surface area (Å²) in [5.74, 6) is 1.97. The van der Waals surface area contributed by atoms with E-state index in [9.17, 15) is 10.2 Å². The molecule has 7 atom stereocenters. The van der Waals surface area contributed by atoms with E-state index < -0.39 is 5.60 Å². The molecule has 2 N–H and O–H groups in total. The van der Waals surface area contributed by atoms with Crippen LogP contribution < -0.4 is 0 Å². The summed E-state index contributed by atoms with van der Waals surface area (Å²) in [7, 11) is 0. The molecule has 4 rings (SSSR count). The van der Waals surface area contributed by atoms with Gasteiger partial charge in [-0.3, -0.25) is 0 Å². The topological polar surface area (TPSA) is 40.5 Å². The van der Waals surface area contributed by atoms with Crippen molar-refractivity contribution in [3.8, 4) is 0 Å². The summed E-state index contributed by atoms with van der Waals surface area (Å²) in [4.78, 5) is 0. The van der Waals surface area contributed by atoms with Gasteiger partial charge in [-0.1, -0.05) is 20.8 Å². The van der Waals surface area contributed by atoms with Gasteiger partial charge in [0.2, 0.25) is 0 Å². The van der Waals surface area contributed by atoms with Crippen molar-refractivity contribution in [3.05, 3.63) is 0 Å². The van der Waals surface area contributed by atoms with Gasteiger partial charge in [0.05, 0.1) is 11.7 Å². The van der Waals surface area contributed by atoms with Crippen LogP contribution >= 0.6 is 0 Å². The van der Waals surface area contributed by atoms with E-state index >= 15 is 0 Å². The highest BCUT2D eigenvalue weighted by Gasteiger charge is 2.69. The molecule has 0 saturated heterocycles. The molecule has 4 saturated carbocycles. The number of aliphatic hydroxyl groups excluding tert-OH is 1. The van der Waals surface area contributed by atoms with Crippen LogP contribution in [0.15, 0.2) is 0 Å². The second kappa shape index (κ2) is 4.30. The summed E-state index contributed by atoms with van der Waals surface area (Å²) < 4.78 is 0. The van der Waals surface area contributed by atoms with Crippen molar-refractivity contribution in [2.75, 3.05) is 0 Å². The van der Waals surface area contributed by atoms with Crippen LogP contribution in [0.4, 0.5) is 0 Å². The molecule has 4 aliphatic rings. The number of rotatable bonds is 0. The lowest BCUT2D eigenvalue weighted by Crippen LogP contribution is -2.61. The fourth-order valence-corrected chi connectivity index (χ4v) is 7.79. The van der Waals surface area contributed by atoms with Crippen molar-refractivity contribution >= 4 is 0 Å². The SMILES string of the molecule is CC1(C)[C@H](O)CC[C@@]2(C)[C@H]1CC[C@H]1C[C@@H]3C[C@@]12CC[C@@]3(C)O. The van der Waals surface area contributed by atoms with Gasteiger partial charge in [0.15, 0.2) is 0 Å². The Bertz CT molecular complexity index is 482. The molecular weight excluding hydrogens is 272 g/mol. The van der Waals surface area contributed by atoms with Crippen molar-refractivity contribution in [1.82, 2.24) is 0 Å². The third-order valence-corrected chi connectivity index (χ3v) is 9.32. The molecule has 0 aliphatic heterocycles. The Morgan fingerprint density at radius 3 is 2.32 bits per heavy atom. The van der Waals surface area contributed by atoms with Crippen LogP contribution in [0.3, 0.4) is 0 Å². The molecule has 22 heavy (non-hydrogen) atoms. The summed E-state index contributed by atoms with van der Waals surface area (Å²) in [5.41, 5.74) is 0.424. The molecule has 2 bridgehead atoms. The lowest BCUT2D eigenvalue weighted by molar-refractivity contribution is -0.199. The van der Waals surface area contributed by atoms with Crippen LogP contribution in [0.1, 0.15) is 79.1 Å². The van der Waals surface area contributed by atoms with Crippen molar-refractivity contribution in [3.63, 3.8) is 0 Å². The largest absolute Gasteiger partial charge is 0.393 e. The van der Waals surface area contributed by atoms with Crippen molar-refractivity contribution in [2.24, 2.45) is 34.0 Å². The molecule has 0 radical (unpaired) electrons. The van der Waals surface area contributed by atoms with E-state index in [2.05, 4.69) is 27.7 Å². The second-order valence-corrected chi connectivity index (χ2v) is 10.3. The predicted octanol–water partition coefficient (Wildman–Crippen LogP) is 4.14. The Morgan fingerprint density at radius 2 is 1.59 bits per heavy atom. The minimum absolute atomic E-state index is 0.0464. The lowest BCUT2D eigenvalue weighted by Gasteiger charge is -2.66. The van der Waals surface area contributed by atoms with Gasteiger partial charge in [0, 0.05) is 0 Å². The van der Waals surface area contributed by atoms with E-state index in [0.29, 0.717) is 22.7 Å². The Labute approximate surface area is 135 Å². The number of hydrogen-bond donors (Lipinski definition) is 2. The molecule has 0 heterocycles. The van der Waals surface area contributed by atoms with Crippen molar-refractivity contribution < 1.29 is 10.2 Å². The quantitative estimate of drug-likeness (QED) is 0.706. The maximum atomic E-state index is 10.8. The van der Waals surface area contributed by atoms with Gasteiger partial charge in [0.25, 0.3) is 0 Å². The molecule has 1 spiro atoms.